The van der Waals surface area contributed by atoms with Gasteiger partial charge in [0.1, 0.15) is 5.82 Å². The summed E-state index contributed by atoms with van der Waals surface area (Å²) in [5, 5.41) is 8.44. The monoisotopic (exact) mass is 243 g/mol. The molecule has 18 heavy (non-hydrogen) atoms. The van der Waals surface area contributed by atoms with Crippen molar-refractivity contribution in [1.82, 2.24) is 0 Å². The van der Waals surface area contributed by atoms with E-state index in [1.165, 1.54) is 24.3 Å². The van der Waals surface area contributed by atoms with E-state index >= 15 is 0 Å². The summed E-state index contributed by atoms with van der Waals surface area (Å²) in [6.45, 7) is 3.47. The molecular weight excluding hydrogens is 229 g/mol. The van der Waals surface area contributed by atoms with E-state index in [0.29, 0.717) is 0 Å². The maximum atomic E-state index is 12.7. The molecule has 0 aliphatic heterocycles. The first-order valence-corrected chi connectivity index (χ1v) is 5.51. The summed E-state index contributed by atoms with van der Waals surface area (Å²) in [6.07, 6.45) is 5.92. The molecular formula is C15H14FNO. The van der Waals surface area contributed by atoms with Crippen LogP contribution in [0.25, 0.3) is 6.08 Å². The standard InChI is InChI=1S/C15H14FNO/c1-15(2,10-3-11-17)14(18)9-6-12-4-7-13(16)8-5-12/h3-10H,1-2H3/b9-6?,10-3+. The Morgan fingerprint density at radius 3 is 2.50 bits per heavy atom. The summed E-state index contributed by atoms with van der Waals surface area (Å²) in [5.74, 6) is -0.422. The molecule has 2 nitrogen and oxygen atoms in total. The second-order valence-electron chi connectivity index (χ2n) is 4.43. The molecule has 0 N–H and O–H groups in total. The van der Waals surface area contributed by atoms with Crippen molar-refractivity contribution >= 4 is 11.9 Å². The third kappa shape index (κ3) is 3.99. The number of hydrogen-bond donors (Lipinski definition) is 0. The van der Waals surface area contributed by atoms with Crippen LogP contribution in [0, 0.1) is 22.6 Å². The Bertz CT molecular complexity index is 518. The van der Waals surface area contributed by atoms with Gasteiger partial charge in [0.05, 0.1) is 6.07 Å². The van der Waals surface area contributed by atoms with Crippen molar-refractivity contribution in [2.75, 3.05) is 0 Å². The van der Waals surface area contributed by atoms with Crippen LogP contribution in [-0.2, 0) is 4.79 Å². The van der Waals surface area contributed by atoms with Crippen LogP contribution in [0.1, 0.15) is 19.4 Å². The first-order chi connectivity index (χ1) is 8.45. The number of nitriles is 1. The second kappa shape index (κ2) is 5.92. The maximum Gasteiger partial charge on any atom is 0.165 e. The van der Waals surface area contributed by atoms with Gasteiger partial charge in [-0.05, 0) is 37.6 Å². The van der Waals surface area contributed by atoms with Gasteiger partial charge >= 0.3 is 0 Å². The van der Waals surface area contributed by atoms with Crippen molar-refractivity contribution in [1.29, 1.82) is 5.26 Å². The number of ketones is 1. The molecule has 92 valence electrons. The number of hydrogen-bond acceptors (Lipinski definition) is 2. The van der Waals surface area contributed by atoms with Crippen molar-refractivity contribution in [3.05, 3.63) is 53.9 Å². The van der Waals surface area contributed by atoms with Crippen molar-refractivity contribution in [2.45, 2.75) is 13.8 Å². The van der Waals surface area contributed by atoms with Crippen molar-refractivity contribution in [3.63, 3.8) is 0 Å². The molecule has 1 aromatic carbocycles. The molecule has 1 rings (SSSR count). The fourth-order valence-corrected chi connectivity index (χ4v) is 1.29. The highest BCUT2D eigenvalue weighted by Crippen LogP contribution is 2.19. The molecule has 0 heterocycles. The molecule has 0 saturated carbocycles. The van der Waals surface area contributed by atoms with Gasteiger partial charge in [-0.1, -0.05) is 24.3 Å². The van der Waals surface area contributed by atoms with E-state index in [1.54, 1.807) is 38.1 Å². The second-order valence-corrected chi connectivity index (χ2v) is 4.43. The zero-order chi connectivity index (χ0) is 13.6. The lowest BCUT2D eigenvalue weighted by Crippen LogP contribution is -2.19. The minimum absolute atomic E-state index is 0.113. The lowest BCUT2D eigenvalue weighted by atomic mass is 9.87. The summed E-state index contributed by atoms with van der Waals surface area (Å²) in [7, 11) is 0. The highest BCUT2D eigenvalue weighted by molar-refractivity contribution is 5.98. The smallest absolute Gasteiger partial charge is 0.165 e. The molecule has 0 aliphatic rings. The molecule has 0 spiro atoms. The Labute approximate surface area is 106 Å². The molecule has 3 heteroatoms. The highest BCUT2D eigenvalue weighted by atomic mass is 19.1. The van der Waals surface area contributed by atoms with Gasteiger partial charge in [0.2, 0.25) is 0 Å². The first-order valence-electron chi connectivity index (χ1n) is 5.51. The molecule has 0 saturated heterocycles. The molecule has 0 amide bonds. The Balaban J connectivity index is 2.79. The largest absolute Gasteiger partial charge is 0.294 e. The van der Waals surface area contributed by atoms with Gasteiger partial charge in [0.25, 0.3) is 0 Å². The average molecular weight is 243 g/mol. The maximum absolute atomic E-state index is 12.7. The summed E-state index contributed by atoms with van der Waals surface area (Å²) >= 11 is 0. The van der Waals surface area contributed by atoms with Gasteiger partial charge in [0, 0.05) is 11.5 Å². The fourth-order valence-electron chi connectivity index (χ4n) is 1.29. The Morgan fingerprint density at radius 1 is 1.33 bits per heavy atom. The molecule has 1 aromatic rings. The van der Waals surface area contributed by atoms with Crippen LogP contribution in [-0.4, -0.2) is 5.78 Å². The van der Waals surface area contributed by atoms with Crippen LogP contribution < -0.4 is 0 Å². The normalized spacial score (nSPS) is 11.9. The number of rotatable bonds is 4. The number of nitrogens with zero attached hydrogens (tertiary/aromatic N) is 1. The van der Waals surface area contributed by atoms with Gasteiger partial charge in [0.15, 0.2) is 5.78 Å². The fraction of sp³-hybridized carbons (Fsp3) is 0.200. The Hall–Kier alpha value is -2.21. The Kier molecular flexibility index (Phi) is 4.56. The minimum Gasteiger partial charge on any atom is -0.294 e. The van der Waals surface area contributed by atoms with E-state index in [1.807, 2.05) is 6.07 Å². The minimum atomic E-state index is -0.716. The van der Waals surface area contributed by atoms with Crippen molar-refractivity contribution in [2.24, 2.45) is 5.41 Å². The van der Waals surface area contributed by atoms with Crippen LogP contribution in [0.5, 0.6) is 0 Å². The third-order valence-electron chi connectivity index (χ3n) is 2.51. The zero-order valence-corrected chi connectivity index (χ0v) is 10.4. The molecule has 0 atom stereocenters. The molecule has 0 radical (unpaired) electrons. The van der Waals surface area contributed by atoms with E-state index in [9.17, 15) is 9.18 Å². The molecule has 0 unspecified atom stereocenters. The van der Waals surface area contributed by atoms with Crippen LogP contribution in [0.15, 0.2) is 42.5 Å². The quantitative estimate of drug-likeness (QED) is 0.599. The van der Waals surface area contributed by atoms with Crippen LogP contribution in [0.4, 0.5) is 4.39 Å². The number of carbonyl (C=O) groups is 1. The van der Waals surface area contributed by atoms with Gasteiger partial charge in [-0.15, -0.1) is 0 Å². The third-order valence-corrected chi connectivity index (χ3v) is 2.51. The SMILES string of the molecule is CC(C)(/C=C/C#N)C(=O)C=Cc1ccc(F)cc1. The summed E-state index contributed by atoms with van der Waals surface area (Å²) in [4.78, 5) is 11.9. The molecule has 0 fully saturated rings. The van der Waals surface area contributed by atoms with Gasteiger partial charge in [-0.2, -0.15) is 5.26 Å². The number of carbonyl (C=O) groups excluding carboxylic acids is 1. The first kappa shape index (κ1) is 13.9. The van der Waals surface area contributed by atoms with Gasteiger partial charge in [-0.3, -0.25) is 4.79 Å². The Morgan fingerprint density at radius 2 is 1.94 bits per heavy atom. The van der Waals surface area contributed by atoms with Gasteiger partial charge < -0.3 is 0 Å². The molecule has 0 bridgehead atoms. The predicted molar refractivity (Wildman–Crippen MR) is 69.0 cm³/mol. The lowest BCUT2D eigenvalue weighted by molar-refractivity contribution is -0.120. The predicted octanol–water partition coefficient (Wildman–Crippen LogP) is 3.51. The van der Waals surface area contributed by atoms with Crippen molar-refractivity contribution in [3.8, 4) is 6.07 Å². The van der Waals surface area contributed by atoms with Crippen LogP contribution >= 0.6 is 0 Å². The van der Waals surface area contributed by atoms with E-state index in [-0.39, 0.29) is 11.6 Å². The van der Waals surface area contributed by atoms with E-state index in [4.69, 9.17) is 5.26 Å². The van der Waals surface area contributed by atoms with Crippen molar-refractivity contribution < 1.29 is 9.18 Å². The highest BCUT2D eigenvalue weighted by Gasteiger charge is 2.21. The molecule has 0 aliphatic carbocycles. The van der Waals surface area contributed by atoms with Crippen LogP contribution in [0.3, 0.4) is 0 Å². The van der Waals surface area contributed by atoms with E-state index < -0.39 is 5.41 Å². The summed E-state index contributed by atoms with van der Waals surface area (Å²) in [6, 6.07) is 7.73. The molecule has 0 aromatic heterocycles. The van der Waals surface area contributed by atoms with Crippen LogP contribution in [0.2, 0.25) is 0 Å². The average Bonchev–Trinajstić information content (AvgIpc) is 2.35. The van der Waals surface area contributed by atoms with Gasteiger partial charge in [-0.25, -0.2) is 4.39 Å². The van der Waals surface area contributed by atoms with E-state index in [2.05, 4.69) is 0 Å². The van der Waals surface area contributed by atoms with E-state index in [0.717, 1.165) is 5.56 Å². The number of halogens is 1. The summed E-state index contributed by atoms with van der Waals surface area (Å²) < 4.78 is 12.7. The number of allylic oxidation sites excluding steroid dienone is 3. The summed E-state index contributed by atoms with van der Waals surface area (Å²) in [5.41, 5.74) is 0.0384. The lowest BCUT2D eigenvalue weighted by Gasteiger charge is -2.15. The topological polar surface area (TPSA) is 40.9 Å². The number of benzene rings is 1. The zero-order valence-electron chi connectivity index (χ0n) is 10.4.